The summed E-state index contributed by atoms with van der Waals surface area (Å²) in [5, 5.41) is 5.75. The van der Waals surface area contributed by atoms with E-state index in [0.717, 1.165) is 27.9 Å². The van der Waals surface area contributed by atoms with Crippen LogP contribution in [0.1, 0.15) is 17.0 Å². The minimum Gasteiger partial charge on any atom is -0.264 e. The van der Waals surface area contributed by atoms with Crippen molar-refractivity contribution >= 4 is 26.8 Å². The van der Waals surface area contributed by atoms with Crippen LogP contribution in [-0.4, -0.2) is 14.8 Å². The summed E-state index contributed by atoms with van der Waals surface area (Å²) in [5.74, 6) is 0. The van der Waals surface area contributed by atoms with Crippen molar-refractivity contribution in [3.63, 3.8) is 0 Å². The highest BCUT2D eigenvalue weighted by atomic mass is 79.9. The number of hydrogen-bond donors (Lipinski definition) is 0. The van der Waals surface area contributed by atoms with Gasteiger partial charge in [-0.1, -0.05) is 18.2 Å². The summed E-state index contributed by atoms with van der Waals surface area (Å²) >= 11 is 3.57. The molecule has 0 atom stereocenters. The standard InChI is InChI=1S/C15H14BrN3/c1-10-15(16)11(2)19(18-10)9-12-7-8-17-14-6-4-3-5-13(12)14/h3-8H,9H2,1-2H3. The molecule has 0 bridgehead atoms. The zero-order valence-electron chi connectivity index (χ0n) is 10.9. The quantitative estimate of drug-likeness (QED) is 0.719. The van der Waals surface area contributed by atoms with Gasteiger partial charge in [0.2, 0.25) is 0 Å². The molecular weight excluding hydrogens is 302 g/mol. The monoisotopic (exact) mass is 315 g/mol. The third kappa shape index (κ3) is 2.16. The normalized spacial score (nSPS) is 11.1. The summed E-state index contributed by atoms with van der Waals surface area (Å²) in [4.78, 5) is 4.39. The lowest BCUT2D eigenvalue weighted by atomic mass is 10.1. The number of rotatable bonds is 2. The number of pyridine rings is 1. The maximum Gasteiger partial charge on any atom is 0.0738 e. The molecule has 0 aliphatic rings. The molecule has 0 fully saturated rings. The van der Waals surface area contributed by atoms with E-state index < -0.39 is 0 Å². The number of halogens is 1. The summed E-state index contributed by atoms with van der Waals surface area (Å²) in [5.41, 5.74) is 4.44. The third-order valence-corrected chi connectivity index (χ3v) is 4.50. The van der Waals surface area contributed by atoms with Gasteiger partial charge in [0.05, 0.1) is 27.9 Å². The Bertz CT molecular complexity index is 741. The van der Waals surface area contributed by atoms with Crippen LogP contribution in [0.15, 0.2) is 41.0 Å². The molecule has 1 aromatic carbocycles. The molecular formula is C15H14BrN3. The summed E-state index contributed by atoms with van der Waals surface area (Å²) < 4.78 is 3.12. The minimum absolute atomic E-state index is 0.765. The molecule has 3 rings (SSSR count). The lowest BCUT2D eigenvalue weighted by Crippen LogP contribution is -2.04. The summed E-state index contributed by atoms with van der Waals surface area (Å²) in [7, 11) is 0. The topological polar surface area (TPSA) is 30.7 Å². The zero-order chi connectivity index (χ0) is 13.4. The molecule has 2 aromatic heterocycles. The Labute approximate surface area is 120 Å². The first kappa shape index (κ1) is 12.4. The van der Waals surface area contributed by atoms with Crippen LogP contribution in [0.5, 0.6) is 0 Å². The Kier molecular flexibility index (Phi) is 3.11. The maximum absolute atomic E-state index is 4.56. The number of nitrogens with zero attached hydrogens (tertiary/aromatic N) is 3. The molecule has 0 aliphatic carbocycles. The van der Waals surface area contributed by atoms with Gasteiger partial charge in [0.15, 0.2) is 0 Å². The molecule has 0 amide bonds. The summed E-state index contributed by atoms with van der Waals surface area (Å²) in [6.07, 6.45) is 1.86. The highest BCUT2D eigenvalue weighted by Gasteiger charge is 2.10. The molecule has 0 N–H and O–H groups in total. The van der Waals surface area contributed by atoms with Crippen molar-refractivity contribution in [1.29, 1.82) is 0 Å². The van der Waals surface area contributed by atoms with Crippen molar-refractivity contribution in [2.45, 2.75) is 20.4 Å². The molecule has 2 heterocycles. The first-order valence-electron chi connectivity index (χ1n) is 6.19. The van der Waals surface area contributed by atoms with Gasteiger partial charge in [-0.05, 0) is 47.5 Å². The van der Waals surface area contributed by atoms with Crippen molar-refractivity contribution in [2.75, 3.05) is 0 Å². The predicted octanol–water partition coefficient (Wildman–Crippen LogP) is 3.86. The third-order valence-electron chi connectivity index (χ3n) is 3.35. The molecule has 4 heteroatoms. The van der Waals surface area contributed by atoms with Crippen LogP contribution in [0.4, 0.5) is 0 Å². The molecule has 19 heavy (non-hydrogen) atoms. The molecule has 0 radical (unpaired) electrons. The largest absolute Gasteiger partial charge is 0.264 e. The van der Waals surface area contributed by atoms with E-state index in [1.165, 1.54) is 10.9 Å². The van der Waals surface area contributed by atoms with Gasteiger partial charge >= 0.3 is 0 Å². The van der Waals surface area contributed by atoms with Crippen LogP contribution in [0.2, 0.25) is 0 Å². The van der Waals surface area contributed by atoms with E-state index in [-0.39, 0.29) is 0 Å². The molecule has 0 saturated heterocycles. The minimum atomic E-state index is 0.765. The summed E-state index contributed by atoms with van der Waals surface area (Å²) in [6.45, 7) is 4.85. The number of hydrogen-bond acceptors (Lipinski definition) is 2. The average Bonchev–Trinajstić information content (AvgIpc) is 2.67. The first-order valence-corrected chi connectivity index (χ1v) is 6.98. The van der Waals surface area contributed by atoms with E-state index in [4.69, 9.17) is 0 Å². The van der Waals surface area contributed by atoms with Crippen molar-refractivity contribution in [3.05, 3.63) is 58.0 Å². The van der Waals surface area contributed by atoms with Crippen LogP contribution in [-0.2, 0) is 6.54 Å². The Morgan fingerprint density at radius 1 is 1.16 bits per heavy atom. The van der Waals surface area contributed by atoms with Crippen LogP contribution in [0.3, 0.4) is 0 Å². The number of aromatic nitrogens is 3. The lowest BCUT2D eigenvalue weighted by molar-refractivity contribution is 0.661. The Morgan fingerprint density at radius 3 is 2.68 bits per heavy atom. The van der Waals surface area contributed by atoms with Crippen molar-refractivity contribution < 1.29 is 0 Å². The first-order chi connectivity index (χ1) is 9.16. The van der Waals surface area contributed by atoms with Crippen LogP contribution in [0, 0.1) is 13.8 Å². The molecule has 3 nitrogen and oxygen atoms in total. The van der Waals surface area contributed by atoms with E-state index in [1.54, 1.807) is 0 Å². The van der Waals surface area contributed by atoms with E-state index in [9.17, 15) is 0 Å². The van der Waals surface area contributed by atoms with Crippen LogP contribution in [0.25, 0.3) is 10.9 Å². The van der Waals surface area contributed by atoms with Gasteiger partial charge in [-0.15, -0.1) is 0 Å². The second-order valence-corrected chi connectivity index (χ2v) is 5.42. The van der Waals surface area contributed by atoms with E-state index in [1.807, 2.05) is 36.0 Å². The molecule has 0 saturated carbocycles. The highest BCUT2D eigenvalue weighted by Crippen LogP contribution is 2.22. The SMILES string of the molecule is Cc1nn(Cc2ccnc3ccccc23)c(C)c1Br. The highest BCUT2D eigenvalue weighted by molar-refractivity contribution is 9.10. The number of para-hydroxylation sites is 1. The lowest BCUT2D eigenvalue weighted by Gasteiger charge is -2.08. The molecule has 0 unspecified atom stereocenters. The van der Waals surface area contributed by atoms with Crippen molar-refractivity contribution in [3.8, 4) is 0 Å². The average molecular weight is 316 g/mol. The van der Waals surface area contributed by atoms with Gasteiger partial charge in [-0.25, -0.2) is 0 Å². The number of benzene rings is 1. The fraction of sp³-hybridized carbons (Fsp3) is 0.200. The second kappa shape index (κ2) is 4.78. The Hall–Kier alpha value is -1.68. The van der Waals surface area contributed by atoms with Gasteiger partial charge in [-0.3, -0.25) is 9.67 Å². The molecule has 96 valence electrons. The second-order valence-electron chi connectivity index (χ2n) is 4.63. The molecule has 3 aromatic rings. The van der Waals surface area contributed by atoms with Gasteiger partial charge < -0.3 is 0 Å². The van der Waals surface area contributed by atoms with Gasteiger partial charge in [-0.2, -0.15) is 5.10 Å². The van der Waals surface area contributed by atoms with Crippen LogP contribution < -0.4 is 0 Å². The zero-order valence-corrected chi connectivity index (χ0v) is 12.5. The molecule has 0 spiro atoms. The fourth-order valence-electron chi connectivity index (χ4n) is 2.28. The summed E-state index contributed by atoms with van der Waals surface area (Å²) in [6, 6.07) is 10.3. The number of fused-ring (bicyclic) bond motifs is 1. The van der Waals surface area contributed by atoms with Gasteiger partial charge in [0, 0.05) is 11.6 Å². The van der Waals surface area contributed by atoms with Gasteiger partial charge in [0.25, 0.3) is 0 Å². The molecule has 0 aliphatic heterocycles. The number of aryl methyl sites for hydroxylation is 1. The van der Waals surface area contributed by atoms with E-state index in [2.05, 4.69) is 45.1 Å². The van der Waals surface area contributed by atoms with Crippen molar-refractivity contribution in [2.24, 2.45) is 0 Å². The predicted molar refractivity (Wildman–Crippen MR) is 80.2 cm³/mol. The Balaban J connectivity index is 2.08. The van der Waals surface area contributed by atoms with E-state index in [0.29, 0.717) is 0 Å². The van der Waals surface area contributed by atoms with E-state index >= 15 is 0 Å². The van der Waals surface area contributed by atoms with Gasteiger partial charge in [0.1, 0.15) is 0 Å². The van der Waals surface area contributed by atoms with Crippen molar-refractivity contribution in [1.82, 2.24) is 14.8 Å². The van der Waals surface area contributed by atoms with Crippen LogP contribution >= 0.6 is 15.9 Å². The maximum atomic E-state index is 4.56. The Morgan fingerprint density at radius 2 is 1.95 bits per heavy atom. The smallest absolute Gasteiger partial charge is 0.0738 e. The fourth-order valence-corrected chi connectivity index (χ4v) is 2.57.